The van der Waals surface area contributed by atoms with Gasteiger partial charge in [-0.1, -0.05) is 35.9 Å². The van der Waals surface area contributed by atoms with Crippen LogP contribution < -0.4 is 4.74 Å². The van der Waals surface area contributed by atoms with Crippen molar-refractivity contribution in [3.8, 4) is 5.75 Å². The van der Waals surface area contributed by atoms with Crippen LogP contribution in [0.2, 0.25) is 5.02 Å². The normalized spacial score (nSPS) is 21.7. The number of carbonyl (C=O) groups is 1. The highest BCUT2D eigenvalue weighted by Crippen LogP contribution is 2.44. The van der Waals surface area contributed by atoms with Crippen molar-refractivity contribution in [3.05, 3.63) is 99.1 Å². The Morgan fingerprint density at radius 2 is 2.05 bits per heavy atom. The molecule has 0 spiro atoms. The lowest BCUT2D eigenvalue weighted by Crippen LogP contribution is -2.36. The molecule has 0 amide bonds. The van der Waals surface area contributed by atoms with E-state index in [4.69, 9.17) is 26.1 Å². The number of aromatic carboxylic acids is 1. The van der Waals surface area contributed by atoms with Crippen LogP contribution in [0.25, 0.3) is 17.1 Å². The van der Waals surface area contributed by atoms with Gasteiger partial charge in [0.1, 0.15) is 23.5 Å². The van der Waals surface area contributed by atoms with Gasteiger partial charge in [0.2, 0.25) is 0 Å². The molecule has 3 aromatic carbocycles. The van der Waals surface area contributed by atoms with Gasteiger partial charge in [0, 0.05) is 40.9 Å². The van der Waals surface area contributed by atoms with E-state index in [0.717, 1.165) is 59.7 Å². The average Bonchev–Trinajstić information content (AvgIpc) is 3.27. The number of carboxylic acid groups (broad SMARTS) is 1. The minimum absolute atomic E-state index is 0.0127. The molecule has 0 bridgehead atoms. The van der Waals surface area contributed by atoms with E-state index in [1.165, 1.54) is 11.6 Å². The minimum atomic E-state index is -0.960. The molecule has 1 fully saturated rings. The smallest absolute Gasteiger partial charge is 0.335 e. The first kappa shape index (κ1) is 26.2. The van der Waals surface area contributed by atoms with Crippen LogP contribution in [0.4, 0.5) is 4.39 Å². The highest BCUT2D eigenvalue weighted by molar-refractivity contribution is 6.30. The molecule has 1 saturated heterocycles. The van der Waals surface area contributed by atoms with E-state index in [0.29, 0.717) is 23.7 Å². The van der Waals surface area contributed by atoms with Gasteiger partial charge in [-0.2, -0.15) is 0 Å². The number of imidazole rings is 1. The summed E-state index contributed by atoms with van der Waals surface area (Å²) in [4.78, 5) is 19.0. The summed E-state index contributed by atoms with van der Waals surface area (Å²) in [5.41, 5.74) is 5.56. The summed E-state index contributed by atoms with van der Waals surface area (Å²) >= 11 is 5.99. The third kappa shape index (κ3) is 4.70. The van der Waals surface area contributed by atoms with Crippen LogP contribution in [0.15, 0.2) is 54.6 Å². The van der Waals surface area contributed by atoms with Crippen LogP contribution in [0.5, 0.6) is 5.75 Å². The lowest BCUT2D eigenvalue weighted by atomic mass is 9.89. The molecule has 9 heteroatoms. The number of carboxylic acids is 1. The fraction of sp³-hybridized carbons (Fsp3) is 0.312. The zero-order valence-electron chi connectivity index (χ0n) is 22.5. The lowest BCUT2D eigenvalue weighted by molar-refractivity contribution is -0.0592. The van der Waals surface area contributed by atoms with Crippen LogP contribution >= 0.6 is 11.6 Å². The van der Waals surface area contributed by atoms with Gasteiger partial charge in [-0.25, -0.2) is 14.2 Å². The van der Waals surface area contributed by atoms with Gasteiger partial charge in [0.05, 0.1) is 35.8 Å². The predicted molar refractivity (Wildman–Crippen MR) is 154 cm³/mol. The average molecular weight is 574 g/mol. The molecule has 210 valence electrons. The molecule has 41 heavy (non-hydrogen) atoms. The Hall–Kier alpha value is -3.72. The third-order valence-corrected chi connectivity index (χ3v) is 8.75. The molecule has 0 aliphatic carbocycles. The van der Waals surface area contributed by atoms with Gasteiger partial charge >= 0.3 is 5.97 Å². The maximum atomic E-state index is 14.8. The van der Waals surface area contributed by atoms with Gasteiger partial charge in [-0.05, 0) is 61.7 Å². The molecule has 7 rings (SSSR count). The zero-order valence-corrected chi connectivity index (χ0v) is 23.3. The summed E-state index contributed by atoms with van der Waals surface area (Å²) in [5, 5.41) is 9.93. The largest absolute Gasteiger partial charge is 0.481 e. The Balaban J connectivity index is 1.22. The van der Waals surface area contributed by atoms with E-state index >= 15 is 0 Å². The van der Waals surface area contributed by atoms with Gasteiger partial charge in [0.25, 0.3) is 0 Å². The van der Waals surface area contributed by atoms with Crippen molar-refractivity contribution in [2.24, 2.45) is 0 Å². The second kappa shape index (κ2) is 10.3. The highest BCUT2D eigenvalue weighted by Gasteiger charge is 2.32. The number of benzene rings is 3. The lowest BCUT2D eigenvalue weighted by Gasteiger charge is -2.38. The number of nitrogens with zero attached hydrogens (tertiary/aromatic N) is 3. The van der Waals surface area contributed by atoms with Gasteiger partial charge < -0.3 is 19.1 Å². The summed E-state index contributed by atoms with van der Waals surface area (Å²) < 4.78 is 29.1. The molecule has 1 aromatic heterocycles. The topological polar surface area (TPSA) is 76.8 Å². The summed E-state index contributed by atoms with van der Waals surface area (Å²) in [6.07, 6.45) is 5.23. The molecule has 3 atom stereocenters. The first-order valence-electron chi connectivity index (χ1n) is 13.9. The van der Waals surface area contributed by atoms with Crippen molar-refractivity contribution in [1.29, 1.82) is 0 Å². The van der Waals surface area contributed by atoms with E-state index < -0.39 is 17.9 Å². The number of fused-ring (bicyclic) bond motifs is 4. The molecular formula is C32H29ClFN3O4. The van der Waals surface area contributed by atoms with Crippen molar-refractivity contribution >= 4 is 34.7 Å². The molecular weight excluding hydrogens is 545 g/mol. The van der Waals surface area contributed by atoms with Gasteiger partial charge in [-0.3, -0.25) is 4.90 Å². The van der Waals surface area contributed by atoms with Crippen LogP contribution in [-0.2, 0) is 24.2 Å². The van der Waals surface area contributed by atoms with Crippen LogP contribution in [-0.4, -0.2) is 44.8 Å². The number of aromatic nitrogens is 2. The SMILES string of the molecule is CC1c2c(ccc3c2O[C@@H](c2ccc(Cl)cc2F)C=C3)CCN1Cc1nc2ccc(C(=O)O)cc2n1C[C@@H]1CCO1. The summed E-state index contributed by atoms with van der Waals surface area (Å²) in [6.45, 7) is 4.96. The molecule has 1 N–H and O–H groups in total. The van der Waals surface area contributed by atoms with Crippen LogP contribution in [0.1, 0.15) is 63.9 Å². The van der Waals surface area contributed by atoms with Crippen molar-refractivity contribution in [3.63, 3.8) is 0 Å². The van der Waals surface area contributed by atoms with Crippen molar-refractivity contribution < 1.29 is 23.8 Å². The molecule has 3 aliphatic heterocycles. The monoisotopic (exact) mass is 573 g/mol. The summed E-state index contributed by atoms with van der Waals surface area (Å²) in [5.74, 6) is 0.303. The number of rotatable bonds is 6. The molecule has 0 radical (unpaired) electrons. The van der Waals surface area contributed by atoms with E-state index in [1.807, 2.05) is 12.2 Å². The molecule has 3 aliphatic rings. The van der Waals surface area contributed by atoms with Crippen LogP contribution in [0.3, 0.4) is 0 Å². The van der Waals surface area contributed by atoms with Crippen LogP contribution in [0, 0.1) is 5.82 Å². The Morgan fingerprint density at radius 1 is 1.20 bits per heavy atom. The van der Waals surface area contributed by atoms with Crippen molar-refractivity contribution in [1.82, 2.24) is 14.5 Å². The molecule has 7 nitrogen and oxygen atoms in total. The fourth-order valence-corrected chi connectivity index (χ4v) is 6.31. The molecule has 4 aromatic rings. The second-order valence-electron chi connectivity index (χ2n) is 10.9. The van der Waals surface area contributed by atoms with E-state index in [1.54, 1.807) is 30.3 Å². The first-order valence-corrected chi connectivity index (χ1v) is 14.3. The fourth-order valence-electron chi connectivity index (χ4n) is 6.15. The second-order valence-corrected chi connectivity index (χ2v) is 11.4. The summed E-state index contributed by atoms with van der Waals surface area (Å²) in [7, 11) is 0. The van der Waals surface area contributed by atoms with Gasteiger partial charge in [-0.15, -0.1) is 0 Å². The Kier molecular flexibility index (Phi) is 6.57. The maximum absolute atomic E-state index is 14.8. The zero-order chi connectivity index (χ0) is 28.2. The number of ether oxygens (including phenoxy) is 2. The molecule has 0 saturated carbocycles. The Bertz CT molecular complexity index is 1710. The maximum Gasteiger partial charge on any atom is 0.335 e. The number of hydrogen-bond acceptors (Lipinski definition) is 5. The van der Waals surface area contributed by atoms with E-state index in [9.17, 15) is 14.3 Å². The molecule has 4 heterocycles. The van der Waals surface area contributed by atoms with Gasteiger partial charge in [0.15, 0.2) is 0 Å². The number of hydrogen-bond donors (Lipinski definition) is 1. The number of halogens is 2. The molecule has 1 unspecified atom stereocenters. The minimum Gasteiger partial charge on any atom is -0.481 e. The van der Waals surface area contributed by atoms with E-state index in [2.05, 4.69) is 28.5 Å². The van der Waals surface area contributed by atoms with Crippen molar-refractivity contribution in [2.45, 2.75) is 51.1 Å². The quantitative estimate of drug-likeness (QED) is 0.281. The third-order valence-electron chi connectivity index (χ3n) is 8.51. The van der Waals surface area contributed by atoms with Crippen molar-refractivity contribution in [2.75, 3.05) is 13.2 Å². The Morgan fingerprint density at radius 3 is 2.80 bits per heavy atom. The standard InChI is InChI=1S/C32H29ClFN3O4/c1-18-30-19(2-3-20-5-9-28(41-31(20)30)24-7-6-22(33)15-25(24)34)10-12-36(18)17-29-35-26-8-4-21(32(38)39)14-27(26)37(29)16-23-11-13-40-23/h2-9,14-15,18,23,28H,10-13,16-17H2,1H3,(H,38,39)/t18?,23-,28+/m0/s1. The Labute approximate surface area is 241 Å². The summed E-state index contributed by atoms with van der Waals surface area (Å²) in [6, 6.07) is 14.0. The van der Waals surface area contributed by atoms with E-state index in [-0.39, 0.29) is 17.7 Å². The highest BCUT2D eigenvalue weighted by atomic mass is 35.5. The first-order chi connectivity index (χ1) is 19.9. The predicted octanol–water partition coefficient (Wildman–Crippen LogP) is 6.58.